The van der Waals surface area contributed by atoms with E-state index in [1.54, 1.807) is 23.0 Å². The Hall–Kier alpha value is -3.39. The van der Waals surface area contributed by atoms with Crippen LogP contribution in [0.15, 0.2) is 54.7 Å². The summed E-state index contributed by atoms with van der Waals surface area (Å²) in [5, 5.41) is 11.3. The van der Waals surface area contributed by atoms with Gasteiger partial charge in [-0.2, -0.15) is 9.67 Å². The minimum absolute atomic E-state index is 0.302. The van der Waals surface area contributed by atoms with Crippen molar-refractivity contribution in [2.24, 2.45) is 5.73 Å². The van der Waals surface area contributed by atoms with Crippen LogP contribution in [-0.4, -0.2) is 25.0 Å². The molecule has 0 bridgehead atoms. The zero-order chi connectivity index (χ0) is 17.2. The average Bonchev–Trinajstić information content (AvgIpc) is 3.07. The molecule has 0 saturated heterocycles. The molecule has 0 fully saturated rings. The van der Waals surface area contributed by atoms with Crippen molar-refractivity contribution in [1.82, 2.24) is 25.0 Å². The molecule has 8 heteroatoms. The molecule has 0 unspecified atom stereocenters. The van der Waals surface area contributed by atoms with Crippen LogP contribution in [0.25, 0.3) is 16.9 Å². The molecule has 2 aromatic carbocycles. The van der Waals surface area contributed by atoms with Crippen LogP contribution in [0.1, 0.15) is 5.56 Å². The van der Waals surface area contributed by atoms with E-state index in [0.717, 1.165) is 11.3 Å². The van der Waals surface area contributed by atoms with Gasteiger partial charge < -0.3 is 11.1 Å². The first-order valence-electron chi connectivity index (χ1n) is 7.63. The summed E-state index contributed by atoms with van der Waals surface area (Å²) in [6.07, 6.45) is 1.59. The highest BCUT2D eigenvalue weighted by atomic mass is 19.1. The molecule has 0 saturated carbocycles. The number of hydrogen-bond donors (Lipinski definition) is 2. The van der Waals surface area contributed by atoms with Crippen LogP contribution in [0.2, 0.25) is 0 Å². The van der Waals surface area contributed by atoms with Crippen molar-refractivity contribution >= 4 is 22.8 Å². The molecular weight excluding hydrogens is 321 g/mol. The second kappa shape index (κ2) is 6.25. The molecular formula is C17H14FN7. The predicted molar refractivity (Wildman–Crippen MR) is 92.0 cm³/mol. The second-order valence-corrected chi connectivity index (χ2v) is 5.41. The van der Waals surface area contributed by atoms with Gasteiger partial charge in [0.2, 0.25) is 5.95 Å². The number of rotatable bonds is 4. The largest absolute Gasteiger partial charge is 0.326 e. The number of halogens is 1. The van der Waals surface area contributed by atoms with Gasteiger partial charge in [0, 0.05) is 12.2 Å². The van der Waals surface area contributed by atoms with E-state index in [2.05, 4.69) is 25.6 Å². The van der Waals surface area contributed by atoms with E-state index in [-0.39, 0.29) is 5.82 Å². The van der Waals surface area contributed by atoms with Gasteiger partial charge in [-0.25, -0.2) is 9.37 Å². The maximum absolute atomic E-state index is 13.0. The van der Waals surface area contributed by atoms with Crippen LogP contribution in [0.4, 0.5) is 16.0 Å². The molecule has 3 N–H and O–H groups in total. The van der Waals surface area contributed by atoms with E-state index < -0.39 is 0 Å². The monoisotopic (exact) mass is 335 g/mol. The van der Waals surface area contributed by atoms with Crippen molar-refractivity contribution in [2.75, 3.05) is 5.32 Å². The Kier molecular flexibility index (Phi) is 3.79. The molecule has 0 radical (unpaired) electrons. The van der Waals surface area contributed by atoms with Crippen molar-refractivity contribution in [3.05, 3.63) is 66.1 Å². The third-order valence-corrected chi connectivity index (χ3v) is 3.68. The highest BCUT2D eigenvalue weighted by molar-refractivity contribution is 5.72. The lowest BCUT2D eigenvalue weighted by molar-refractivity contribution is 0.628. The number of nitrogens with two attached hydrogens (primary N) is 1. The van der Waals surface area contributed by atoms with Crippen molar-refractivity contribution in [3.63, 3.8) is 0 Å². The zero-order valence-corrected chi connectivity index (χ0v) is 13.1. The van der Waals surface area contributed by atoms with Gasteiger partial charge in [-0.05, 0) is 42.0 Å². The molecule has 0 atom stereocenters. The summed E-state index contributed by atoms with van der Waals surface area (Å²) in [6, 6.07) is 13.6. The Morgan fingerprint density at radius 3 is 2.76 bits per heavy atom. The number of fused-ring (bicyclic) bond motifs is 1. The first-order chi connectivity index (χ1) is 12.2. The van der Waals surface area contributed by atoms with Gasteiger partial charge in [-0.3, -0.25) is 0 Å². The minimum Gasteiger partial charge on any atom is -0.326 e. The number of aromatic nitrogens is 5. The molecule has 124 valence electrons. The SMILES string of the molecule is NCc1cccc(-n2nnc3cnc(Nc4ccc(F)cc4)nc32)c1. The van der Waals surface area contributed by atoms with Gasteiger partial charge >= 0.3 is 0 Å². The molecule has 0 aliphatic rings. The number of benzene rings is 2. The van der Waals surface area contributed by atoms with E-state index in [0.29, 0.717) is 29.3 Å². The molecule has 7 nitrogen and oxygen atoms in total. The highest BCUT2D eigenvalue weighted by Crippen LogP contribution is 2.18. The number of hydrogen-bond acceptors (Lipinski definition) is 6. The van der Waals surface area contributed by atoms with Crippen LogP contribution in [0.5, 0.6) is 0 Å². The lowest BCUT2D eigenvalue weighted by atomic mass is 10.2. The smallest absolute Gasteiger partial charge is 0.229 e. The summed E-state index contributed by atoms with van der Waals surface area (Å²) in [7, 11) is 0. The van der Waals surface area contributed by atoms with E-state index in [4.69, 9.17) is 5.73 Å². The van der Waals surface area contributed by atoms with Crippen molar-refractivity contribution < 1.29 is 4.39 Å². The Balaban J connectivity index is 1.73. The maximum atomic E-state index is 13.0. The third-order valence-electron chi connectivity index (χ3n) is 3.68. The third kappa shape index (κ3) is 3.02. The van der Waals surface area contributed by atoms with E-state index >= 15 is 0 Å². The summed E-state index contributed by atoms with van der Waals surface area (Å²) in [4.78, 5) is 8.69. The van der Waals surface area contributed by atoms with E-state index in [1.807, 2.05) is 24.3 Å². The fraction of sp³-hybridized carbons (Fsp3) is 0.0588. The Morgan fingerprint density at radius 1 is 1.12 bits per heavy atom. The van der Waals surface area contributed by atoms with Crippen LogP contribution in [0, 0.1) is 5.82 Å². The topological polar surface area (TPSA) is 94.5 Å². The van der Waals surface area contributed by atoms with Gasteiger partial charge in [0.1, 0.15) is 5.82 Å². The first kappa shape index (κ1) is 15.2. The summed E-state index contributed by atoms with van der Waals surface area (Å²) in [6.45, 7) is 0.437. The molecule has 25 heavy (non-hydrogen) atoms. The summed E-state index contributed by atoms with van der Waals surface area (Å²) in [5.41, 5.74) is 9.32. The average molecular weight is 335 g/mol. The van der Waals surface area contributed by atoms with Gasteiger partial charge in [-0.1, -0.05) is 17.3 Å². The lowest BCUT2D eigenvalue weighted by Crippen LogP contribution is -2.03. The Morgan fingerprint density at radius 2 is 1.96 bits per heavy atom. The van der Waals surface area contributed by atoms with Crippen molar-refractivity contribution in [2.45, 2.75) is 6.54 Å². The van der Waals surface area contributed by atoms with Crippen LogP contribution < -0.4 is 11.1 Å². The van der Waals surface area contributed by atoms with Gasteiger partial charge in [0.25, 0.3) is 0 Å². The molecule has 2 aromatic heterocycles. The normalized spacial score (nSPS) is 11.0. The van der Waals surface area contributed by atoms with E-state index in [9.17, 15) is 4.39 Å². The molecule has 4 aromatic rings. The number of nitrogens with zero attached hydrogens (tertiary/aromatic N) is 5. The molecule has 4 rings (SSSR count). The van der Waals surface area contributed by atoms with Gasteiger partial charge in [0.15, 0.2) is 11.2 Å². The Bertz CT molecular complexity index is 1030. The maximum Gasteiger partial charge on any atom is 0.229 e. The van der Waals surface area contributed by atoms with E-state index in [1.165, 1.54) is 12.1 Å². The highest BCUT2D eigenvalue weighted by Gasteiger charge is 2.10. The van der Waals surface area contributed by atoms with Crippen molar-refractivity contribution in [1.29, 1.82) is 0 Å². The van der Waals surface area contributed by atoms with Gasteiger partial charge in [0.05, 0.1) is 11.9 Å². The Labute approximate surface area is 142 Å². The molecule has 0 amide bonds. The summed E-state index contributed by atoms with van der Waals surface area (Å²) >= 11 is 0. The van der Waals surface area contributed by atoms with Crippen molar-refractivity contribution in [3.8, 4) is 5.69 Å². The fourth-order valence-electron chi connectivity index (χ4n) is 2.44. The number of anilines is 2. The molecule has 0 aliphatic heterocycles. The predicted octanol–water partition coefficient (Wildman–Crippen LogP) is 2.55. The summed E-state index contributed by atoms with van der Waals surface area (Å²) < 4.78 is 14.6. The molecule has 2 heterocycles. The number of nitrogens with one attached hydrogen (secondary N) is 1. The van der Waals surface area contributed by atoms with Crippen LogP contribution >= 0.6 is 0 Å². The summed E-state index contributed by atoms with van der Waals surface area (Å²) in [5.74, 6) is 0.0709. The second-order valence-electron chi connectivity index (χ2n) is 5.41. The fourth-order valence-corrected chi connectivity index (χ4v) is 2.44. The lowest BCUT2D eigenvalue weighted by Gasteiger charge is -2.06. The molecule has 0 aliphatic carbocycles. The first-order valence-corrected chi connectivity index (χ1v) is 7.63. The quantitative estimate of drug-likeness (QED) is 0.595. The molecule has 0 spiro atoms. The van der Waals surface area contributed by atoms with Crippen LogP contribution in [0.3, 0.4) is 0 Å². The standard InChI is InChI=1S/C17H14FN7/c18-12-4-6-13(7-5-12)21-17-20-10-15-16(22-17)25(24-23-15)14-3-1-2-11(8-14)9-19/h1-8,10H,9,19H2,(H,20,21,22). The van der Waals surface area contributed by atoms with Gasteiger partial charge in [-0.15, -0.1) is 5.10 Å². The zero-order valence-electron chi connectivity index (χ0n) is 13.1. The van der Waals surface area contributed by atoms with Crippen LogP contribution in [-0.2, 0) is 6.54 Å². The minimum atomic E-state index is -0.302.